The molecule has 144 valence electrons. The fraction of sp³-hybridized carbons (Fsp3) is 0.833. The lowest BCUT2D eigenvalue weighted by Gasteiger charge is -2.25. The molecule has 1 aliphatic heterocycles. The highest BCUT2D eigenvalue weighted by Crippen LogP contribution is 2.19. The summed E-state index contributed by atoms with van der Waals surface area (Å²) in [7, 11) is 0. The van der Waals surface area contributed by atoms with Crippen molar-refractivity contribution in [2.45, 2.75) is 85.0 Å². The molecule has 0 aromatic heterocycles. The summed E-state index contributed by atoms with van der Waals surface area (Å²) in [5.41, 5.74) is 0.0427. The van der Waals surface area contributed by atoms with Crippen molar-refractivity contribution in [1.82, 2.24) is 5.32 Å². The Balaban J connectivity index is 2.54. The Morgan fingerprint density at radius 1 is 1.32 bits per heavy atom. The molecule has 0 aliphatic carbocycles. The molecule has 0 bridgehead atoms. The van der Waals surface area contributed by atoms with Crippen molar-refractivity contribution in [2.75, 3.05) is 6.61 Å². The van der Waals surface area contributed by atoms with Crippen LogP contribution < -0.4 is 5.32 Å². The van der Waals surface area contributed by atoms with Crippen LogP contribution in [0.5, 0.6) is 0 Å². The molecule has 0 fully saturated rings. The van der Waals surface area contributed by atoms with E-state index in [0.717, 1.165) is 19.3 Å². The van der Waals surface area contributed by atoms with Crippen molar-refractivity contribution in [2.24, 2.45) is 11.1 Å². The summed E-state index contributed by atoms with van der Waals surface area (Å²) in [6.45, 7) is 11.8. The Bertz CT molecular complexity index is 482. The van der Waals surface area contributed by atoms with Crippen LogP contribution in [0.3, 0.4) is 0 Å². The molecular formula is C18H32N2O5. The summed E-state index contributed by atoms with van der Waals surface area (Å²) >= 11 is 0. The summed E-state index contributed by atoms with van der Waals surface area (Å²) in [6, 6.07) is -0.354. The van der Waals surface area contributed by atoms with Crippen molar-refractivity contribution in [3.63, 3.8) is 0 Å². The third-order valence-electron chi connectivity index (χ3n) is 3.64. The van der Waals surface area contributed by atoms with Gasteiger partial charge in [0.15, 0.2) is 0 Å². The number of carbonyl (C=O) groups is 2. The molecule has 0 spiro atoms. The molecule has 0 aromatic carbocycles. The number of rotatable bonds is 8. The second-order valence-electron chi connectivity index (χ2n) is 7.62. The molecule has 7 heteroatoms. The molecule has 0 aromatic rings. The highest BCUT2D eigenvalue weighted by atomic mass is 16.7. The van der Waals surface area contributed by atoms with E-state index >= 15 is 0 Å². The molecule has 2 atom stereocenters. The van der Waals surface area contributed by atoms with Crippen molar-refractivity contribution < 1.29 is 23.9 Å². The average Bonchev–Trinajstić information content (AvgIpc) is 2.96. The van der Waals surface area contributed by atoms with Gasteiger partial charge >= 0.3 is 12.1 Å². The van der Waals surface area contributed by atoms with E-state index in [4.69, 9.17) is 14.3 Å². The first-order valence-corrected chi connectivity index (χ1v) is 9.02. The van der Waals surface area contributed by atoms with Gasteiger partial charge in [-0.15, -0.1) is 0 Å². The van der Waals surface area contributed by atoms with Gasteiger partial charge in [0.2, 0.25) is 6.10 Å². The number of esters is 1. The van der Waals surface area contributed by atoms with Crippen LogP contribution in [-0.2, 0) is 19.1 Å². The highest BCUT2D eigenvalue weighted by Gasteiger charge is 2.35. The maximum Gasteiger partial charge on any atom is 0.408 e. The summed E-state index contributed by atoms with van der Waals surface area (Å²) in [4.78, 5) is 29.3. The van der Waals surface area contributed by atoms with E-state index in [-0.39, 0.29) is 12.0 Å². The topological polar surface area (TPSA) is 86.2 Å². The SMILES string of the molecule is CCCCCOC(=O)C1CC([C@@H](NC(=O)OC(C)(C)C)C(C)C)=NO1. The fourth-order valence-corrected chi connectivity index (χ4v) is 2.39. The molecule has 1 aliphatic rings. The van der Waals surface area contributed by atoms with Gasteiger partial charge in [0.25, 0.3) is 0 Å². The van der Waals surface area contributed by atoms with Gasteiger partial charge in [0, 0.05) is 6.42 Å². The molecular weight excluding hydrogens is 324 g/mol. The molecule has 1 amide bonds. The minimum Gasteiger partial charge on any atom is -0.463 e. The van der Waals surface area contributed by atoms with Gasteiger partial charge in [0.1, 0.15) is 5.60 Å². The number of oxime groups is 1. The summed E-state index contributed by atoms with van der Waals surface area (Å²) in [5.74, 6) is -0.330. The second-order valence-corrected chi connectivity index (χ2v) is 7.62. The van der Waals surface area contributed by atoms with E-state index in [1.54, 1.807) is 20.8 Å². The zero-order chi connectivity index (χ0) is 19.0. The summed E-state index contributed by atoms with van der Waals surface area (Å²) < 4.78 is 10.5. The summed E-state index contributed by atoms with van der Waals surface area (Å²) in [6.07, 6.45) is 1.99. The van der Waals surface area contributed by atoms with Gasteiger partial charge in [-0.05, 0) is 33.1 Å². The lowest BCUT2D eigenvalue weighted by molar-refractivity contribution is -0.155. The highest BCUT2D eigenvalue weighted by molar-refractivity contribution is 5.96. The van der Waals surface area contributed by atoms with Gasteiger partial charge in [0.05, 0.1) is 18.4 Å². The van der Waals surface area contributed by atoms with Gasteiger partial charge < -0.3 is 19.6 Å². The minimum atomic E-state index is -0.738. The average molecular weight is 356 g/mol. The van der Waals surface area contributed by atoms with E-state index < -0.39 is 23.8 Å². The maximum atomic E-state index is 12.0. The second kappa shape index (κ2) is 9.63. The maximum absolute atomic E-state index is 12.0. The zero-order valence-electron chi connectivity index (χ0n) is 16.3. The number of alkyl carbamates (subject to hydrolysis) is 1. The monoisotopic (exact) mass is 356 g/mol. The number of unbranched alkanes of at least 4 members (excludes halogenated alkanes) is 2. The Kier molecular flexibility index (Phi) is 8.19. The molecule has 1 N–H and O–H groups in total. The van der Waals surface area contributed by atoms with E-state index in [0.29, 0.717) is 18.7 Å². The molecule has 0 radical (unpaired) electrons. The van der Waals surface area contributed by atoms with E-state index in [9.17, 15) is 9.59 Å². The number of hydrogen-bond donors (Lipinski definition) is 1. The zero-order valence-corrected chi connectivity index (χ0v) is 16.3. The van der Waals surface area contributed by atoms with Crippen LogP contribution in [-0.4, -0.2) is 42.1 Å². The fourth-order valence-electron chi connectivity index (χ4n) is 2.39. The Morgan fingerprint density at radius 2 is 2.00 bits per heavy atom. The van der Waals surface area contributed by atoms with Crippen LogP contribution in [0.15, 0.2) is 5.16 Å². The molecule has 7 nitrogen and oxygen atoms in total. The first-order chi connectivity index (χ1) is 11.6. The van der Waals surface area contributed by atoms with E-state index in [1.807, 2.05) is 13.8 Å². The van der Waals surface area contributed by atoms with Gasteiger partial charge in [-0.1, -0.05) is 38.8 Å². The molecule has 0 saturated heterocycles. The largest absolute Gasteiger partial charge is 0.463 e. The lowest BCUT2D eigenvalue weighted by Crippen LogP contribution is -2.46. The third-order valence-corrected chi connectivity index (χ3v) is 3.64. The molecule has 0 saturated carbocycles. The van der Waals surface area contributed by atoms with Crippen molar-refractivity contribution >= 4 is 17.8 Å². The molecule has 1 rings (SSSR count). The van der Waals surface area contributed by atoms with Gasteiger partial charge in [-0.3, -0.25) is 0 Å². The molecule has 25 heavy (non-hydrogen) atoms. The predicted molar refractivity (Wildman–Crippen MR) is 95.4 cm³/mol. The standard InChI is InChI=1S/C18H32N2O5/c1-7-8-9-10-23-16(21)14-11-13(20-25-14)15(12(2)3)19-17(22)24-18(4,5)6/h12,14-15H,7-11H2,1-6H3,(H,19,22)/t14?,15-/m0/s1. The Morgan fingerprint density at radius 3 is 2.56 bits per heavy atom. The number of nitrogens with zero attached hydrogens (tertiary/aromatic N) is 1. The van der Waals surface area contributed by atoms with Crippen LogP contribution in [0.2, 0.25) is 0 Å². The number of amides is 1. The molecule has 1 heterocycles. The van der Waals surface area contributed by atoms with Crippen LogP contribution in [0, 0.1) is 5.92 Å². The van der Waals surface area contributed by atoms with Crippen LogP contribution in [0.25, 0.3) is 0 Å². The van der Waals surface area contributed by atoms with E-state index in [1.165, 1.54) is 0 Å². The van der Waals surface area contributed by atoms with Crippen molar-refractivity contribution in [3.8, 4) is 0 Å². The first kappa shape index (κ1) is 21.3. The van der Waals surface area contributed by atoms with Gasteiger partial charge in [-0.25, -0.2) is 9.59 Å². The quantitative estimate of drug-likeness (QED) is 0.532. The minimum absolute atomic E-state index is 0.0780. The molecule has 1 unspecified atom stereocenters. The number of ether oxygens (including phenoxy) is 2. The number of nitrogens with one attached hydrogen (secondary N) is 1. The first-order valence-electron chi connectivity index (χ1n) is 9.02. The lowest BCUT2D eigenvalue weighted by atomic mass is 9.96. The van der Waals surface area contributed by atoms with Crippen LogP contribution in [0.1, 0.15) is 67.2 Å². The van der Waals surface area contributed by atoms with Gasteiger partial charge in [-0.2, -0.15) is 0 Å². The van der Waals surface area contributed by atoms with E-state index in [2.05, 4.69) is 17.4 Å². The summed E-state index contributed by atoms with van der Waals surface area (Å²) in [5, 5.41) is 6.81. The number of carbonyl (C=O) groups excluding carboxylic acids is 2. The normalized spacial score (nSPS) is 18.4. The Labute approximate surface area is 150 Å². The smallest absolute Gasteiger partial charge is 0.408 e. The third kappa shape index (κ3) is 7.75. The van der Waals surface area contributed by atoms with Crippen LogP contribution >= 0.6 is 0 Å². The van der Waals surface area contributed by atoms with Crippen LogP contribution in [0.4, 0.5) is 4.79 Å². The Hall–Kier alpha value is -1.79. The van der Waals surface area contributed by atoms with Crippen molar-refractivity contribution in [3.05, 3.63) is 0 Å². The number of hydrogen-bond acceptors (Lipinski definition) is 6. The predicted octanol–water partition coefficient (Wildman–Crippen LogP) is 3.41. The van der Waals surface area contributed by atoms with Crippen molar-refractivity contribution in [1.29, 1.82) is 0 Å².